The van der Waals surface area contributed by atoms with E-state index in [0.717, 1.165) is 23.1 Å². The van der Waals surface area contributed by atoms with E-state index in [4.69, 9.17) is 0 Å². The highest BCUT2D eigenvalue weighted by Gasteiger charge is 2.38. The van der Waals surface area contributed by atoms with Crippen molar-refractivity contribution in [3.05, 3.63) is 0 Å². The Kier molecular flexibility index (Phi) is 3.89. The zero-order chi connectivity index (χ0) is 9.97. The summed E-state index contributed by atoms with van der Waals surface area (Å²) in [5, 5.41) is 4.80. The van der Waals surface area contributed by atoms with Crippen molar-refractivity contribution < 1.29 is 0 Å². The molecule has 0 aromatic heterocycles. The largest absolute Gasteiger partial charge is 0.314 e. The van der Waals surface area contributed by atoms with E-state index in [9.17, 15) is 0 Å². The molecule has 14 heavy (non-hydrogen) atoms. The van der Waals surface area contributed by atoms with Crippen molar-refractivity contribution in [2.45, 2.75) is 45.1 Å². The van der Waals surface area contributed by atoms with Crippen LogP contribution < -0.4 is 5.32 Å². The SMILES string of the molecule is CC(CCBr)NCC1CC2CCC1C2. The van der Waals surface area contributed by atoms with Crippen LogP contribution in [0.5, 0.6) is 0 Å². The lowest BCUT2D eigenvalue weighted by molar-refractivity contribution is 0.307. The van der Waals surface area contributed by atoms with Crippen LogP contribution in [0.2, 0.25) is 0 Å². The first-order valence-corrected chi connectivity index (χ1v) is 7.21. The average Bonchev–Trinajstić information content (AvgIpc) is 2.76. The molecule has 2 rings (SSSR count). The molecule has 2 aliphatic carbocycles. The predicted octanol–water partition coefficient (Wildman–Crippen LogP) is 3.19. The third-order valence-corrected chi connectivity index (χ3v) is 4.61. The second-order valence-corrected chi connectivity index (χ2v) is 6.01. The summed E-state index contributed by atoms with van der Waals surface area (Å²) in [4.78, 5) is 0. The van der Waals surface area contributed by atoms with Crippen LogP contribution in [0.3, 0.4) is 0 Å². The Balaban J connectivity index is 1.66. The summed E-state index contributed by atoms with van der Waals surface area (Å²) in [6, 6.07) is 0.688. The Morgan fingerprint density at radius 3 is 2.79 bits per heavy atom. The molecule has 0 aliphatic heterocycles. The first kappa shape index (κ1) is 10.9. The van der Waals surface area contributed by atoms with Gasteiger partial charge in [0.2, 0.25) is 0 Å². The molecule has 0 aromatic carbocycles. The van der Waals surface area contributed by atoms with Crippen LogP contribution in [0.25, 0.3) is 0 Å². The smallest absolute Gasteiger partial charge is 0.00468 e. The fourth-order valence-electron chi connectivity index (χ4n) is 3.24. The Hall–Kier alpha value is 0.440. The van der Waals surface area contributed by atoms with E-state index >= 15 is 0 Å². The van der Waals surface area contributed by atoms with E-state index in [1.165, 1.54) is 32.2 Å². The van der Waals surface area contributed by atoms with Gasteiger partial charge in [-0.15, -0.1) is 0 Å². The minimum Gasteiger partial charge on any atom is -0.314 e. The van der Waals surface area contributed by atoms with E-state index in [-0.39, 0.29) is 0 Å². The monoisotopic (exact) mass is 259 g/mol. The predicted molar refractivity (Wildman–Crippen MR) is 64.8 cm³/mol. The number of hydrogen-bond donors (Lipinski definition) is 1. The third kappa shape index (κ3) is 2.52. The lowest BCUT2D eigenvalue weighted by Gasteiger charge is -2.24. The maximum atomic E-state index is 3.68. The lowest BCUT2D eigenvalue weighted by atomic mass is 9.88. The number of halogens is 1. The summed E-state index contributed by atoms with van der Waals surface area (Å²) in [5.41, 5.74) is 0. The lowest BCUT2D eigenvalue weighted by Crippen LogP contribution is -2.33. The van der Waals surface area contributed by atoms with Gasteiger partial charge in [0.1, 0.15) is 0 Å². The zero-order valence-corrected chi connectivity index (χ0v) is 10.7. The molecule has 0 saturated heterocycles. The summed E-state index contributed by atoms with van der Waals surface area (Å²) < 4.78 is 0. The number of nitrogens with one attached hydrogen (secondary N) is 1. The molecule has 4 unspecified atom stereocenters. The van der Waals surface area contributed by atoms with Crippen LogP contribution in [0.1, 0.15) is 39.0 Å². The minimum absolute atomic E-state index is 0.688. The molecule has 0 spiro atoms. The van der Waals surface area contributed by atoms with Gasteiger partial charge in [0.05, 0.1) is 0 Å². The second kappa shape index (κ2) is 4.98. The molecular weight excluding hydrogens is 238 g/mol. The summed E-state index contributed by atoms with van der Waals surface area (Å²) in [7, 11) is 0. The quantitative estimate of drug-likeness (QED) is 0.748. The van der Waals surface area contributed by atoms with E-state index in [2.05, 4.69) is 28.2 Å². The molecule has 0 aromatic rings. The van der Waals surface area contributed by atoms with Gasteiger partial charge < -0.3 is 5.32 Å². The maximum absolute atomic E-state index is 3.68. The fourth-order valence-corrected chi connectivity index (χ4v) is 3.93. The van der Waals surface area contributed by atoms with E-state index < -0.39 is 0 Å². The maximum Gasteiger partial charge on any atom is 0.00468 e. The van der Waals surface area contributed by atoms with Gasteiger partial charge in [-0.25, -0.2) is 0 Å². The van der Waals surface area contributed by atoms with Crippen molar-refractivity contribution in [2.75, 3.05) is 11.9 Å². The zero-order valence-electron chi connectivity index (χ0n) is 9.14. The molecule has 0 radical (unpaired) electrons. The molecule has 0 amide bonds. The van der Waals surface area contributed by atoms with Crippen LogP contribution in [-0.2, 0) is 0 Å². The Labute approximate surface area is 96.2 Å². The second-order valence-electron chi connectivity index (χ2n) is 5.22. The molecule has 4 atom stereocenters. The van der Waals surface area contributed by atoms with E-state index in [1.807, 2.05) is 0 Å². The topological polar surface area (TPSA) is 12.0 Å². The highest BCUT2D eigenvalue weighted by molar-refractivity contribution is 9.09. The Bertz CT molecular complexity index is 183. The fraction of sp³-hybridized carbons (Fsp3) is 1.00. The Morgan fingerprint density at radius 1 is 1.36 bits per heavy atom. The molecule has 1 N–H and O–H groups in total. The van der Waals surface area contributed by atoms with Gasteiger partial charge in [-0.1, -0.05) is 22.4 Å². The van der Waals surface area contributed by atoms with Crippen LogP contribution in [0, 0.1) is 17.8 Å². The standard InChI is InChI=1S/C12H22BrN/c1-9(4-5-13)14-8-12-7-10-2-3-11(12)6-10/h9-12,14H,2-8H2,1H3. The van der Waals surface area contributed by atoms with Crippen molar-refractivity contribution in [1.29, 1.82) is 0 Å². The van der Waals surface area contributed by atoms with Gasteiger partial charge in [-0.2, -0.15) is 0 Å². The number of fused-ring (bicyclic) bond motifs is 2. The molecule has 2 saturated carbocycles. The summed E-state index contributed by atoms with van der Waals surface area (Å²) in [5.74, 6) is 3.17. The van der Waals surface area contributed by atoms with Crippen molar-refractivity contribution in [3.8, 4) is 0 Å². The van der Waals surface area contributed by atoms with Crippen LogP contribution >= 0.6 is 15.9 Å². The number of alkyl halides is 1. The summed E-state index contributed by atoms with van der Waals surface area (Å²) in [6.07, 6.45) is 7.35. The average molecular weight is 260 g/mol. The molecular formula is C12H22BrN. The van der Waals surface area contributed by atoms with Gasteiger partial charge in [0.15, 0.2) is 0 Å². The van der Waals surface area contributed by atoms with Crippen LogP contribution in [0.15, 0.2) is 0 Å². The molecule has 82 valence electrons. The normalized spacial score (nSPS) is 37.7. The van der Waals surface area contributed by atoms with Gasteiger partial charge in [-0.05, 0) is 56.9 Å². The van der Waals surface area contributed by atoms with Crippen LogP contribution in [-0.4, -0.2) is 17.9 Å². The molecule has 2 heteroatoms. The Morgan fingerprint density at radius 2 is 2.21 bits per heavy atom. The van der Waals surface area contributed by atoms with Crippen molar-refractivity contribution in [2.24, 2.45) is 17.8 Å². The molecule has 1 nitrogen and oxygen atoms in total. The summed E-state index contributed by atoms with van der Waals surface area (Å²) in [6.45, 7) is 3.57. The molecule has 2 fully saturated rings. The third-order valence-electron chi connectivity index (χ3n) is 4.16. The van der Waals surface area contributed by atoms with Crippen molar-refractivity contribution in [3.63, 3.8) is 0 Å². The van der Waals surface area contributed by atoms with Crippen LogP contribution in [0.4, 0.5) is 0 Å². The highest BCUT2D eigenvalue weighted by atomic mass is 79.9. The van der Waals surface area contributed by atoms with Gasteiger partial charge in [-0.3, -0.25) is 0 Å². The minimum atomic E-state index is 0.688. The highest BCUT2D eigenvalue weighted by Crippen LogP contribution is 2.47. The van der Waals surface area contributed by atoms with Crippen molar-refractivity contribution in [1.82, 2.24) is 5.32 Å². The van der Waals surface area contributed by atoms with Gasteiger partial charge in [0, 0.05) is 11.4 Å². The molecule has 0 heterocycles. The number of rotatable bonds is 5. The van der Waals surface area contributed by atoms with Crippen molar-refractivity contribution >= 4 is 15.9 Å². The van der Waals surface area contributed by atoms with E-state index in [0.29, 0.717) is 6.04 Å². The van der Waals surface area contributed by atoms with E-state index in [1.54, 1.807) is 6.42 Å². The number of hydrogen-bond acceptors (Lipinski definition) is 1. The molecule has 2 aliphatic rings. The summed E-state index contributed by atoms with van der Waals surface area (Å²) >= 11 is 3.50. The first-order valence-electron chi connectivity index (χ1n) is 6.09. The first-order chi connectivity index (χ1) is 6.79. The molecule has 2 bridgehead atoms. The van der Waals surface area contributed by atoms with Gasteiger partial charge in [0.25, 0.3) is 0 Å². The van der Waals surface area contributed by atoms with Gasteiger partial charge >= 0.3 is 0 Å².